The van der Waals surface area contributed by atoms with Crippen molar-refractivity contribution in [2.45, 2.75) is 25.2 Å². The van der Waals surface area contributed by atoms with Gasteiger partial charge in [-0.3, -0.25) is 4.79 Å². The molecule has 0 fully saturated rings. The first-order chi connectivity index (χ1) is 11.2. The Balaban J connectivity index is 1.62. The molecule has 0 atom stereocenters. The van der Waals surface area contributed by atoms with Crippen LogP contribution in [0.1, 0.15) is 18.1 Å². The van der Waals surface area contributed by atoms with Crippen molar-refractivity contribution in [3.8, 4) is 5.75 Å². The van der Waals surface area contributed by atoms with Gasteiger partial charge in [0.2, 0.25) is 0 Å². The number of nitrogens with one attached hydrogen (secondary N) is 1. The maximum Gasteiger partial charge on any atom is 0.257 e. The number of benzene rings is 2. The molecule has 0 radical (unpaired) electrons. The second-order valence-electron chi connectivity index (χ2n) is 5.30. The molecule has 2 aromatic rings. The van der Waals surface area contributed by atoms with Gasteiger partial charge in [-0.05, 0) is 43.2 Å². The van der Waals surface area contributed by atoms with Crippen LogP contribution < -0.4 is 10.1 Å². The maximum atomic E-state index is 11.8. The third-order valence-electron chi connectivity index (χ3n) is 3.42. The van der Waals surface area contributed by atoms with Crippen LogP contribution in [0.15, 0.2) is 53.4 Å². The molecule has 0 saturated heterocycles. The lowest BCUT2D eigenvalue weighted by Gasteiger charge is -2.08. The standard InChI is InChI=1S/C19H23NO2S/c1-3-16-6-8-17(9-7-16)22-14-19(21)20-12-13-23-18-10-4-15(2)5-11-18/h4-11H,3,12-14H2,1-2H3,(H,20,21). The third kappa shape index (κ3) is 6.37. The second kappa shape index (κ2) is 9.26. The van der Waals surface area contributed by atoms with E-state index in [1.807, 2.05) is 24.3 Å². The van der Waals surface area contributed by atoms with Gasteiger partial charge in [-0.1, -0.05) is 36.8 Å². The molecular weight excluding hydrogens is 306 g/mol. The number of carbonyl (C=O) groups excluding carboxylic acids is 1. The van der Waals surface area contributed by atoms with Crippen molar-refractivity contribution in [3.05, 3.63) is 59.7 Å². The second-order valence-corrected chi connectivity index (χ2v) is 6.47. The van der Waals surface area contributed by atoms with Crippen LogP contribution in [0.2, 0.25) is 0 Å². The SMILES string of the molecule is CCc1ccc(OCC(=O)NCCSc2ccc(C)cc2)cc1. The van der Waals surface area contributed by atoms with Crippen molar-refractivity contribution in [2.24, 2.45) is 0 Å². The van der Waals surface area contributed by atoms with Crippen molar-refractivity contribution in [2.75, 3.05) is 18.9 Å². The number of amides is 1. The molecule has 0 aliphatic heterocycles. The van der Waals surface area contributed by atoms with Gasteiger partial charge in [0.1, 0.15) is 5.75 Å². The molecule has 4 heteroatoms. The molecule has 0 aromatic heterocycles. The Hall–Kier alpha value is -1.94. The van der Waals surface area contributed by atoms with Crippen LogP contribution in [0.25, 0.3) is 0 Å². The van der Waals surface area contributed by atoms with E-state index >= 15 is 0 Å². The van der Waals surface area contributed by atoms with E-state index in [0.29, 0.717) is 6.54 Å². The molecule has 1 N–H and O–H groups in total. The van der Waals surface area contributed by atoms with Crippen LogP contribution in [0.5, 0.6) is 5.75 Å². The molecule has 2 aromatic carbocycles. The molecule has 0 heterocycles. The molecule has 0 aliphatic carbocycles. The number of carbonyl (C=O) groups is 1. The Kier molecular flexibility index (Phi) is 7.01. The van der Waals surface area contributed by atoms with Gasteiger partial charge in [-0.25, -0.2) is 0 Å². The van der Waals surface area contributed by atoms with Gasteiger partial charge in [0.25, 0.3) is 5.91 Å². The summed E-state index contributed by atoms with van der Waals surface area (Å²) in [5.41, 5.74) is 2.52. The third-order valence-corrected chi connectivity index (χ3v) is 4.43. The molecule has 0 bridgehead atoms. The number of rotatable bonds is 8. The molecular formula is C19H23NO2S. The van der Waals surface area contributed by atoms with Gasteiger partial charge in [0, 0.05) is 17.2 Å². The lowest BCUT2D eigenvalue weighted by molar-refractivity contribution is -0.122. The zero-order valence-corrected chi connectivity index (χ0v) is 14.5. The molecule has 0 aliphatic rings. The van der Waals surface area contributed by atoms with Gasteiger partial charge < -0.3 is 10.1 Å². The lowest BCUT2D eigenvalue weighted by atomic mass is 10.2. The number of hydrogen-bond acceptors (Lipinski definition) is 3. The summed E-state index contributed by atoms with van der Waals surface area (Å²) in [5.74, 6) is 1.49. The summed E-state index contributed by atoms with van der Waals surface area (Å²) in [7, 11) is 0. The van der Waals surface area contributed by atoms with Crippen LogP contribution >= 0.6 is 11.8 Å². The predicted molar refractivity (Wildman–Crippen MR) is 96.2 cm³/mol. The number of hydrogen-bond donors (Lipinski definition) is 1. The van der Waals surface area contributed by atoms with Gasteiger partial charge >= 0.3 is 0 Å². The zero-order chi connectivity index (χ0) is 16.5. The molecule has 122 valence electrons. The monoisotopic (exact) mass is 329 g/mol. The van der Waals surface area contributed by atoms with Gasteiger partial charge in [-0.2, -0.15) is 0 Å². The highest BCUT2D eigenvalue weighted by atomic mass is 32.2. The topological polar surface area (TPSA) is 38.3 Å². The fraction of sp³-hybridized carbons (Fsp3) is 0.316. The van der Waals surface area contributed by atoms with Crippen molar-refractivity contribution >= 4 is 17.7 Å². The number of aryl methyl sites for hydroxylation is 2. The normalized spacial score (nSPS) is 10.3. The lowest BCUT2D eigenvalue weighted by Crippen LogP contribution is -2.30. The van der Waals surface area contributed by atoms with E-state index in [-0.39, 0.29) is 12.5 Å². The van der Waals surface area contributed by atoms with Crippen LogP contribution in [-0.2, 0) is 11.2 Å². The molecule has 23 heavy (non-hydrogen) atoms. The van der Waals surface area contributed by atoms with Gasteiger partial charge in [-0.15, -0.1) is 11.8 Å². The highest BCUT2D eigenvalue weighted by Crippen LogP contribution is 2.17. The van der Waals surface area contributed by atoms with Crippen molar-refractivity contribution in [1.82, 2.24) is 5.32 Å². The molecule has 0 saturated carbocycles. The highest BCUT2D eigenvalue weighted by Gasteiger charge is 2.02. The van der Waals surface area contributed by atoms with Crippen LogP contribution in [0.4, 0.5) is 0 Å². The highest BCUT2D eigenvalue weighted by molar-refractivity contribution is 7.99. The van der Waals surface area contributed by atoms with E-state index in [1.165, 1.54) is 16.0 Å². The predicted octanol–water partition coefficient (Wildman–Crippen LogP) is 3.84. The van der Waals surface area contributed by atoms with E-state index < -0.39 is 0 Å². The van der Waals surface area contributed by atoms with E-state index in [2.05, 4.69) is 43.4 Å². The largest absolute Gasteiger partial charge is 0.484 e. The molecule has 0 spiro atoms. The molecule has 2 rings (SSSR count). The summed E-state index contributed by atoms with van der Waals surface area (Å²) in [5, 5.41) is 2.87. The Morgan fingerprint density at radius 1 is 1.09 bits per heavy atom. The van der Waals surface area contributed by atoms with Gasteiger partial charge in [0.15, 0.2) is 6.61 Å². The van der Waals surface area contributed by atoms with E-state index in [0.717, 1.165) is 17.9 Å². The fourth-order valence-electron chi connectivity index (χ4n) is 2.02. The first kappa shape index (κ1) is 17.4. The molecule has 0 unspecified atom stereocenters. The van der Waals surface area contributed by atoms with Crippen LogP contribution in [-0.4, -0.2) is 24.8 Å². The minimum atomic E-state index is -0.0888. The van der Waals surface area contributed by atoms with Crippen molar-refractivity contribution < 1.29 is 9.53 Å². The van der Waals surface area contributed by atoms with Crippen LogP contribution in [0.3, 0.4) is 0 Å². The van der Waals surface area contributed by atoms with Gasteiger partial charge in [0.05, 0.1) is 0 Å². The summed E-state index contributed by atoms with van der Waals surface area (Å²) < 4.78 is 5.48. The first-order valence-electron chi connectivity index (χ1n) is 7.85. The Bertz CT molecular complexity index is 608. The quantitative estimate of drug-likeness (QED) is 0.590. The smallest absolute Gasteiger partial charge is 0.257 e. The van der Waals surface area contributed by atoms with E-state index in [4.69, 9.17) is 4.74 Å². The van der Waals surface area contributed by atoms with Crippen molar-refractivity contribution in [3.63, 3.8) is 0 Å². The fourth-order valence-corrected chi connectivity index (χ4v) is 2.78. The first-order valence-corrected chi connectivity index (χ1v) is 8.84. The van der Waals surface area contributed by atoms with Crippen molar-refractivity contribution in [1.29, 1.82) is 0 Å². The summed E-state index contributed by atoms with van der Waals surface area (Å²) in [4.78, 5) is 13.0. The summed E-state index contributed by atoms with van der Waals surface area (Å²) >= 11 is 1.73. The van der Waals surface area contributed by atoms with E-state index in [9.17, 15) is 4.79 Å². The maximum absolute atomic E-state index is 11.8. The Labute approximate surface area is 142 Å². The average Bonchev–Trinajstić information content (AvgIpc) is 2.59. The Morgan fingerprint density at radius 3 is 2.43 bits per heavy atom. The average molecular weight is 329 g/mol. The Morgan fingerprint density at radius 2 is 1.78 bits per heavy atom. The summed E-state index contributed by atoms with van der Waals surface area (Å²) in [6.45, 7) is 4.87. The number of thioether (sulfide) groups is 1. The summed E-state index contributed by atoms with van der Waals surface area (Å²) in [6, 6.07) is 16.2. The van der Waals surface area contributed by atoms with E-state index in [1.54, 1.807) is 11.8 Å². The molecule has 1 amide bonds. The molecule has 3 nitrogen and oxygen atoms in total. The minimum Gasteiger partial charge on any atom is -0.484 e. The summed E-state index contributed by atoms with van der Waals surface area (Å²) in [6.07, 6.45) is 0.999. The number of ether oxygens (including phenoxy) is 1. The van der Waals surface area contributed by atoms with Crippen LogP contribution in [0, 0.1) is 6.92 Å². The zero-order valence-electron chi connectivity index (χ0n) is 13.7. The minimum absolute atomic E-state index is 0.0562.